The number of thiophene rings is 1. The first-order chi connectivity index (χ1) is 16.1. The van der Waals surface area contributed by atoms with Gasteiger partial charge in [0.25, 0.3) is 5.56 Å². The van der Waals surface area contributed by atoms with Crippen LogP contribution < -0.4 is 10.9 Å². The van der Waals surface area contributed by atoms with Gasteiger partial charge in [-0.15, -0.1) is 11.3 Å². The van der Waals surface area contributed by atoms with Crippen LogP contribution in [0.5, 0.6) is 0 Å². The maximum absolute atomic E-state index is 13.0. The number of thioether (sulfide) groups is 1. The summed E-state index contributed by atoms with van der Waals surface area (Å²) in [5.74, 6) is -0.0208. The minimum absolute atomic E-state index is 0.0249. The fraction of sp³-hybridized carbons (Fsp3) is 0.240. The molecule has 2 heterocycles. The zero-order valence-electron chi connectivity index (χ0n) is 18.2. The van der Waals surface area contributed by atoms with Gasteiger partial charge in [-0.25, -0.2) is 4.98 Å². The molecule has 33 heavy (non-hydrogen) atoms. The monoisotopic (exact) mass is 479 g/mol. The normalized spacial score (nSPS) is 12.1. The number of aryl methyl sites for hydroxylation is 1. The summed E-state index contributed by atoms with van der Waals surface area (Å²) in [6.45, 7) is 2.35. The number of aliphatic hydroxyl groups is 1. The van der Waals surface area contributed by atoms with Gasteiger partial charge in [0.15, 0.2) is 5.16 Å². The van der Waals surface area contributed by atoms with E-state index in [9.17, 15) is 14.7 Å². The average Bonchev–Trinajstić information content (AvgIpc) is 3.36. The zero-order chi connectivity index (χ0) is 23.2. The minimum atomic E-state index is -0.236. The first kappa shape index (κ1) is 23.2. The molecule has 0 aliphatic carbocycles. The maximum atomic E-state index is 13.0. The molecule has 2 aromatic heterocycles. The minimum Gasteiger partial charge on any atom is -0.396 e. The van der Waals surface area contributed by atoms with Gasteiger partial charge in [0.2, 0.25) is 5.91 Å². The van der Waals surface area contributed by atoms with Crippen LogP contribution in [0.25, 0.3) is 10.9 Å². The highest BCUT2D eigenvalue weighted by molar-refractivity contribution is 7.99. The summed E-state index contributed by atoms with van der Waals surface area (Å²) < 4.78 is 1.55. The number of rotatable bonds is 9. The third-order valence-electron chi connectivity index (χ3n) is 5.24. The van der Waals surface area contributed by atoms with Gasteiger partial charge in [-0.3, -0.25) is 14.2 Å². The Labute approximate surface area is 200 Å². The van der Waals surface area contributed by atoms with E-state index in [4.69, 9.17) is 0 Å². The maximum Gasteiger partial charge on any atom is 0.262 e. The van der Waals surface area contributed by atoms with Crippen molar-refractivity contribution in [1.82, 2.24) is 14.9 Å². The smallest absolute Gasteiger partial charge is 0.262 e. The lowest BCUT2D eigenvalue weighted by Crippen LogP contribution is -2.31. The van der Waals surface area contributed by atoms with Gasteiger partial charge in [-0.05, 0) is 42.5 Å². The Morgan fingerprint density at radius 1 is 1.15 bits per heavy atom. The third kappa shape index (κ3) is 5.52. The predicted molar refractivity (Wildman–Crippen MR) is 134 cm³/mol. The van der Waals surface area contributed by atoms with Crippen molar-refractivity contribution in [2.24, 2.45) is 0 Å². The summed E-state index contributed by atoms with van der Waals surface area (Å²) in [6.07, 6.45) is 0.438. The van der Waals surface area contributed by atoms with Gasteiger partial charge in [0.05, 0.1) is 22.7 Å². The first-order valence-corrected chi connectivity index (χ1v) is 12.6. The van der Waals surface area contributed by atoms with Gasteiger partial charge < -0.3 is 10.4 Å². The van der Waals surface area contributed by atoms with E-state index in [2.05, 4.69) is 10.3 Å². The third-order valence-corrected chi connectivity index (χ3v) is 7.16. The average molecular weight is 480 g/mol. The Balaban J connectivity index is 1.55. The number of fused-ring (bicyclic) bond motifs is 1. The van der Waals surface area contributed by atoms with E-state index in [0.29, 0.717) is 29.0 Å². The lowest BCUT2D eigenvalue weighted by Gasteiger charge is -2.19. The number of benzene rings is 2. The van der Waals surface area contributed by atoms with Crippen molar-refractivity contribution in [3.8, 4) is 0 Å². The zero-order valence-corrected chi connectivity index (χ0v) is 19.9. The Bertz CT molecular complexity index is 1280. The number of hydrogen-bond donors (Lipinski definition) is 2. The van der Waals surface area contributed by atoms with Crippen LogP contribution in [0.3, 0.4) is 0 Å². The van der Waals surface area contributed by atoms with Crippen molar-refractivity contribution < 1.29 is 9.90 Å². The molecular formula is C25H25N3O3S2. The van der Waals surface area contributed by atoms with Gasteiger partial charge in [0, 0.05) is 18.0 Å². The number of para-hydroxylation sites is 1. The Morgan fingerprint density at radius 2 is 1.94 bits per heavy atom. The predicted octanol–water partition coefficient (Wildman–Crippen LogP) is 4.15. The van der Waals surface area contributed by atoms with Crippen LogP contribution in [0.2, 0.25) is 0 Å². The topological polar surface area (TPSA) is 84.2 Å². The van der Waals surface area contributed by atoms with E-state index in [1.54, 1.807) is 34.1 Å². The molecule has 1 atom stereocenters. The van der Waals surface area contributed by atoms with Crippen molar-refractivity contribution in [2.75, 3.05) is 12.4 Å². The fourth-order valence-corrected chi connectivity index (χ4v) is 5.19. The molecule has 0 saturated heterocycles. The number of carbonyl (C=O) groups excluding carboxylic acids is 1. The summed E-state index contributed by atoms with van der Waals surface area (Å²) in [5, 5.41) is 15.4. The number of nitrogens with one attached hydrogen (secondary N) is 1. The summed E-state index contributed by atoms with van der Waals surface area (Å²) in [7, 11) is 0. The number of nitrogens with zero attached hydrogens (tertiary/aromatic N) is 2. The molecule has 0 saturated carbocycles. The second-order valence-corrected chi connectivity index (χ2v) is 9.58. The second-order valence-electron chi connectivity index (χ2n) is 7.66. The summed E-state index contributed by atoms with van der Waals surface area (Å²) in [5.41, 5.74) is 2.62. The van der Waals surface area contributed by atoms with E-state index in [1.807, 2.05) is 54.8 Å². The van der Waals surface area contributed by atoms with Crippen molar-refractivity contribution in [1.29, 1.82) is 0 Å². The highest BCUT2D eigenvalue weighted by Gasteiger charge is 2.19. The lowest BCUT2D eigenvalue weighted by molar-refractivity contribution is -0.119. The number of amides is 1. The molecule has 0 bridgehead atoms. The van der Waals surface area contributed by atoms with Gasteiger partial charge in [-0.1, -0.05) is 59.8 Å². The molecule has 2 N–H and O–H groups in total. The van der Waals surface area contributed by atoms with Crippen molar-refractivity contribution in [3.63, 3.8) is 0 Å². The van der Waals surface area contributed by atoms with Crippen molar-refractivity contribution in [3.05, 3.63) is 92.4 Å². The van der Waals surface area contributed by atoms with Gasteiger partial charge >= 0.3 is 0 Å². The molecular weight excluding hydrogens is 454 g/mol. The van der Waals surface area contributed by atoms with E-state index >= 15 is 0 Å². The lowest BCUT2D eigenvalue weighted by atomic mass is 10.0. The van der Waals surface area contributed by atoms with Crippen molar-refractivity contribution in [2.45, 2.75) is 31.1 Å². The van der Waals surface area contributed by atoms with Gasteiger partial charge in [0.1, 0.15) is 0 Å². The van der Waals surface area contributed by atoms with Gasteiger partial charge in [-0.2, -0.15) is 0 Å². The quantitative estimate of drug-likeness (QED) is 0.278. The van der Waals surface area contributed by atoms with Crippen LogP contribution >= 0.6 is 23.1 Å². The molecule has 1 amide bonds. The SMILES string of the molecule is Cc1ccc(C(NC(=O)CSc2nc3ccccc3c(=O)n2CCCO)c2cccs2)cc1. The Kier molecular flexibility index (Phi) is 7.59. The highest BCUT2D eigenvalue weighted by Crippen LogP contribution is 2.27. The summed E-state index contributed by atoms with van der Waals surface area (Å²) >= 11 is 2.83. The largest absolute Gasteiger partial charge is 0.396 e. The molecule has 0 spiro atoms. The Morgan fingerprint density at radius 3 is 2.67 bits per heavy atom. The number of aliphatic hydroxyl groups excluding tert-OH is 1. The first-order valence-electron chi connectivity index (χ1n) is 10.7. The molecule has 0 fully saturated rings. The van der Waals surface area contributed by atoms with Crippen LogP contribution in [0.4, 0.5) is 0 Å². The molecule has 8 heteroatoms. The van der Waals surface area contributed by atoms with E-state index in [0.717, 1.165) is 16.0 Å². The molecule has 0 radical (unpaired) electrons. The summed E-state index contributed by atoms with van der Waals surface area (Å²) in [4.78, 5) is 31.6. The van der Waals surface area contributed by atoms with Crippen LogP contribution in [0, 0.1) is 6.92 Å². The van der Waals surface area contributed by atoms with E-state index in [1.165, 1.54) is 11.8 Å². The molecule has 4 rings (SSSR count). The fourth-order valence-electron chi connectivity index (χ4n) is 3.55. The highest BCUT2D eigenvalue weighted by atomic mass is 32.2. The van der Waals surface area contributed by atoms with Crippen LogP contribution in [-0.2, 0) is 11.3 Å². The molecule has 0 aliphatic heterocycles. The van der Waals surface area contributed by atoms with Crippen LogP contribution in [0.1, 0.15) is 28.5 Å². The van der Waals surface area contributed by atoms with E-state index in [-0.39, 0.29) is 29.9 Å². The molecule has 0 aliphatic rings. The standard InChI is InChI=1S/C25H25N3O3S2/c1-17-9-11-18(12-10-17)23(21-8-4-15-32-21)27-22(30)16-33-25-26-20-7-3-2-6-19(20)24(31)28(25)13-5-14-29/h2-4,6-12,15,23,29H,5,13-14,16H2,1H3,(H,27,30). The van der Waals surface area contributed by atoms with Crippen LogP contribution in [-0.4, -0.2) is 32.9 Å². The molecule has 170 valence electrons. The molecule has 4 aromatic rings. The number of aromatic nitrogens is 2. The molecule has 1 unspecified atom stereocenters. The number of carbonyl (C=O) groups is 1. The number of hydrogen-bond acceptors (Lipinski definition) is 6. The molecule has 2 aromatic carbocycles. The Hall–Kier alpha value is -2.94. The van der Waals surface area contributed by atoms with Crippen LogP contribution in [0.15, 0.2) is 76.0 Å². The summed E-state index contributed by atoms with van der Waals surface area (Å²) in [6, 6.07) is 19.1. The van der Waals surface area contributed by atoms with Crippen molar-refractivity contribution >= 4 is 39.9 Å². The van der Waals surface area contributed by atoms with E-state index < -0.39 is 0 Å². The molecule has 6 nitrogen and oxygen atoms in total. The second kappa shape index (κ2) is 10.8.